The van der Waals surface area contributed by atoms with Gasteiger partial charge in [0.05, 0.1) is 17.7 Å². The molecule has 1 aromatic carbocycles. The normalized spacial score (nSPS) is 15.6. The average molecular weight is 688 g/mol. The van der Waals surface area contributed by atoms with Gasteiger partial charge in [-0.15, -0.1) is 0 Å². The van der Waals surface area contributed by atoms with Gasteiger partial charge in [-0.1, -0.05) is 20.8 Å². The van der Waals surface area contributed by atoms with Gasteiger partial charge >= 0.3 is 12.4 Å². The zero-order chi connectivity index (χ0) is 35.3. The number of carbonyl (C=O) groups is 1. The molecule has 0 bridgehead atoms. The maximum atomic E-state index is 13.9. The second-order valence-electron chi connectivity index (χ2n) is 14.4. The van der Waals surface area contributed by atoms with Crippen molar-refractivity contribution in [2.45, 2.75) is 90.7 Å². The molecule has 262 valence electrons. The van der Waals surface area contributed by atoms with Crippen molar-refractivity contribution in [3.63, 3.8) is 0 Å². The van der Waals surface area contributed by atoms with Crippen LogP contribution in [0.5, 0.6) is 0 Å². The SMILES string of the molecule is Cc1[nH]nc2nc(N(CC3CC3)CC3CC3)c(CN(Cc3cc(C(F)(F)F)cc(C(F)(F)F)c3)c3ncc(CC=O)cn3)c(C(C)(C)C)c12. The van der Waals surface area contributed by atoms with Crippen molar-refractivity contribution in [3.05, 3.63) is 69.7 Å². The van der Waals surface area contributed by atoms with Crippen LogP contribution in [0, 0.1) is 18.8 Å². The summed E-state index contributed by atoms with van der Waals surface area (Å²) in [5.74, 6) is 1.81. The lowest BCUT2D eigenvalue weighted by atomic mass is 9.81. The third-order valence-electron chi connectivity index (χ3n) is 9.03. The first-order chi connectivity index (χ1) is 23.0. The number of alkyl halides is 6. The maximum Gasteiger partial charge on any atom is 0.416 e. The summed E-state index contributed by atoms with van der Waals surface area (Å²) in [6, 6.07) is 1.60. The van der Waals surface area contributed by atoms with Crippen molar-refractivity contribution in [1.82, 2.24) is 25.1 Å². The highest BCUT2D eigenvalue weighted by Crippen LogP contribution is 2.43. The van der Waals surface area contributed by atoms with Gasteiger partial charge < -0.3 is 14.6 Å². The Kier molecular flexibility index (Phi) is 9.12. The molecule has 3 aromatic heterocycles. The van der Waals surface area contributed by atoms with Crippen LogP contribution in [0.25, 0.3) is 11.0 Å². The molecule has 0 atom stereocenters. The van der Waals surface area contributed by atoms with Gasteiger partial charge in [0.15, 0.2) is 5.65 Å². The van der Waals surface area contributed by atoms with E-state index in [0.717, 1.165) is 73.1 Å². The molecule has 6 rings (SSSR count). The molecule has 8 nitrogen and oxygen atoms in total. The molecule has 14 heteroatoms. The number of nitrogens with zero attached hydrogens (tertiary/aromatic N) is 6. The highest BCUT2D eigenvalue weighted by molar-refractivity contribution is 5.87. The first kappa shape index (κ1) is 34.6. The monoisotopic (exact) mass is 687 g/mol. The number of fused-ring (bicyclic) bond motifs is 1. The number of aromatic amines is 1. The quantitative estimate of drug-likeness (QED) is 0.119. The number of rotatable bonds is 12. The molecule has 0 radical (unpaired) electrons. The molecular weight excluding hydrogens is 648 g/mol. The van der Waals surface area contributed by atoms with E-state index in [1.54, 1.807) is 4.90 Å². The number of H-pyrrole nitrogens is 1. The summed E-state index contributed by atoms with van der Waals surface area (Å²) in [4.78, 5) is 29.0. The Morgan fingerprint density at radius 2 is 1.41 bits per heavy atom. The van der Waals surface area contributed by atoms with Crippen LogP contribution in [-0.4, -0.2) is 44.5 Å². The second-order valence-corrected chi connectivity index (χ2v) is 14.4. The lowest BCUT2D eigenvalue weighted by molar-refractivity contribution is -0.143. The molecule has 0 unspecified atom stereocenters. The molecule has 0 saturated heterocycles. The van der Waals surface area contributed by atoms with Crippen molar-refractivity contribution in [3.8, 4) is 0 Å². The van der Waals surface area contributed by atoms with Gasteiger partial charge in [-0.2, -0.15) is 31.4 Å². The molecule has 2 aliphatic rings. The third kappa shape index (κ3) is 7.99. The van der Waals surface area contributed by atoms with Gasteiger partial charge in [-0.05, 0) is 84.7 Å². The van der Waals surface area contributed by atoms with Crippen molar-refractivity contribution < 1.29 is 31.1 Å². The summed E-state index contributed by atoms with van der Waals surface area (Å²) in [7, 11) is 0. The van der Waals surface area contributed by atoms with Crippen molar-refractivity contribution >= 4 is 29.1 Å². The molecule has 2 aliphatic carbocycles. The Hall–Kier alpha value is -4.23. The highest BCUT2D eigenvalue weighted by Gasteiger charge is 2.38. The topological polar surface area (TPSA) is 90.9 Å². The Balaban J connectivity index is 1.54. The summed E-state index contributed by atoms with van der Waals surface area (Å²) in [6.45, 7) is 9.32. The predicted molar refractivity (Wildman–Crippen MR) is 173 cm³/mol. The first-order valence-corrected chi connectivity index (χ1v) is 16.4. The van der Waals surface area contributed by atoms with Crippen molar-refractivity contribution in [2.24, 2.45) is 11.8 Å². The molecule has 4 aromatic rings. The zero-order valence-corrected chi connectivity index (χ0v) is 27.8. The van der Waals surface area contributed by atoms with E-state index < -0.39 is 28.9 Å². The molecule has 49 heavy (non-hydrogen) atoms. The summed E-state index contributed by atoms with van der Waals surface area (Å²) >= 11 is 0. The number of aromatic nitrogens is 5. The summed E-state index contributed by atoms with van der Waals surface area (Å²) in [6.07, 6.45) is -1.94. The van der Waals surface area contributed by atoms with E-state index in [9.17, 15) is 31.1 Å². The van der Waals surface area contributed by atoms with Gasteiger partial charge in [0.1, 0.15) is 12.1 Å². The van der Waals surface area contributed by atoms with Crippen LogP contribution in [-0.2, 0) is 42.1 Å². The maximum absolute atomic E-state index is 13.9. The number of hydrogen-bond donors (Lipinski definition) is 1. The predicted octanol–water partition coefficient (Wildman–Crippen LogP) is 7.97. The number of anilines is 2. The summed E-state index contributed by atoms with van der Waals surface area (Å²) in [5.41, 5.74) is 0.113. The van der Waals surface area contributed by atoms with E-state index in [0.29, 0.717) is 35.2 Å². The Morgan fingerprint density at radius 3 is 1.90 bits per heavy atom. The fourth-order valence-electron chi connectivity index (χ4n) is 6.37. The van der Waals surface area contributed by atoms with E-state index in [1.165, 1.54) is 12.4 Å². The minimum absolute atomic E-state index is 0.0337. The Labute approximate surface area is 280 Å². The van der Waals surface area contributed by atoms with E-state index in [4.69, 9.17) is 4.98 Å². The number of nitrogens with one attached hydrogen (secondary N) is 1. The fourth-order valence-corrected chi connectivity index (χ4v) is 6.37. The molecule has 0 spiro atoms. The Bertz CT molecular complexity index is 1770. The van der Waals surface area contributed by atoms with Crippen molar-refractivity contribution in [2.75, 3.05) is 22.9 Å². The van der Waals surface area contributed by atoms with E-state index >= 15 is 0 Å². The van der Waals surface area contributed by atoms with Gasteiger partial charge in [0.2, 0.25) is 5.95 Å². The number of hydrogen-bond acceptors (Lipinski definition) is 7. The second kappa shape index (κ2) is 12.9. The summed E-state index contributed by atoms with van der Waals surface area (Å²) < 4.78 is 83.4. The van der Waals surface area contributed by atoms with E-state index in [2.05, 4.69) is 45.8 Å². The van der Waals surface area contributed by atoms with Gasteiger partial charge in [0, 0.05) is 55.1 Å². The van der Waals surface area contributed by atoms with Gasteiger partial charge in [-0.3, -0.25) is 5.10 Å². The van der Waals surface area contributed by atoms with Crippen LogP contribution >= 0.6 is 0 Å². The highest BCUT2D eigenvalue weighted by atomic mass is 19.4. The number of halogens is 6. The van der Waals surface area contributed by atoms with Crippen LogP contribution in [0.4, 0.5) is 38.1 Å². The van der Waals surface area contributed by atoms with Gasteiger partial charge in [-0.25, -0.2) is 15.0 Å². The van der Waals surface area contributed by atoms with Crippen LogP contribution in [0.15, 0.2) is 30.6 Å². The largest absolute Gasteiger partial charge is 0.416 e. The number of carbonyl (C=O) groups excluding carboxylic acids is 1. The number of benzene rings is 1. The molecule has 3 heterocycles. The minimum Gasteiger partial charge on any atom is -0.356 e. The average Bonchev–Trinajstić information content (AvgIpc) is 3.96. The zero-order valence-electron chi connectivity index (χ0n) is 27.8. The fraction of sp³-hybridized carbons (Fsp3) is 0.514. The lowest BCUT2D eigenvalue weighted by Gasteiger charge is -2.34. The summed E-state index contributed by atoms with van der Waals surface area (Å²) in [5, 5.41) is 8.41. The number of pyridine rings is 1. The molecule has 2 saturated carbocycles. The van der Waals surface area contributed by atoms with Crippen molar-refractivity contribution in [1.29, 1.82) is 0 Å². The van der Waals surface area contributed by atoms with Crippen LogP contribution in [0.1, 0.15) is 85.5 Å². The lowest BCUT2D eigenvalue weighted by Crippen LogP contribution is -2.34. The first-order valence-electron chi connectivity index (χ1n) is 16.4. The number of aryl methyl sites for hydroxylation is 1. The molecule has 0 amide bonds. The van der Waals surface area contributed by atoms with Gasteiger partial charge in [0.25, 0.3) is 0 Å². The third-order valence-corrected chi connectivity index (χ3v) is 9.03. The standard InChI is InChI=1S/C35H39F6N7O/c1-20-28-29(33(2,3)4)27(31(44-30(28)46-45-20)47(16-21-5-6-21)17-22-7-8-22)19-48(32-42-14-23(9-10-49)15-43-32)18-24-11-25(34(36,37)38)13-26(12-24)35(39,40)41/h10-15,21-22H,5-9,16-19H2,1-4H3,(H,44,45,46). The Morgan fingerprint density at radius 1 is 0.837 bits per heavy atom. The number of aldehydes is 1. The smallest absolute Gasteiger partial charge is 0.356 e. The molecular formula is C35H39F6N7O. The van der Waals surface area contributed by atoms with Crippen LogP contribution in [0.2, 0.25) is 0 Å². The van der Waals surface area contributed by atoms with Crippen LogP contribution in [0.3, 0.4) is 0 Å². The molecule has 2 fully saturated rings. The molecule has 1 N–H and O–H groups in total. The van der Waals surface area contributed by atoms with E-state index in [-0.39, 0.29) is 37.1 Å². The van der Waals surface area contributed by atoms with Crippen LogP contribution < -0.4 is 9.80 Å². The minimum atomic E-state index is -5.00. The van der Waals surface area contributed by atoms with E-state index in [1.807, 2.05) is 6.92 Å². The molecule has 0 aliphatic heterocycles.